The molecule has 0 saturated carbocycles. The Labute approximate surface area is 209 Å². The van der Waals surface area contributed by atoms with Crippen LogP contribution >= 0.6 is 0 Å². The molecule has 36 heavy (non-hydrogen) atoms. The van der Waals surface area contributed by atoms with Crippen molar-refractivity contribution in [1.82, 2.24) is 19.8 Å². The molecule has 0 bridgehead atoms. The first-order valence-electron chi connectivity index (χ1n) is 11.7. The lowest BCUT2D eigenvalue weighted by atomic mass is 9.85. The van der Waals surface area contributed by atoms with Gasteiger partial charge >= 0.3 is 0 Å². The van der Waals surface area contributed by atoms with Gasteiger partial charge in [-0.1, -0.05) is 20.8 Å². The van der Waals surface area contributed by atoms with Crippen LogP contribution in [0.15, 0.2) is 36.9 Å². The van der Waals surface area contributed by atoms with Crippen LogP contribution in [0.1, 0.15) is 34.1 Å². The van der Waals surface area contributed by atoms with E-state index in [2.05, 4.69) is 10.3 Å². The topological polar surface area (TPSA) is 143 Å². The van der Waals surface area contributed by atoms with Gasteiger partial charge in [0.1, 0.15) is 17.9 Å². The van der Waals surface area contributed by atoms with E-state index in [1.807, 2.05) is 6.92 Å². The third-order valence-corrected chi connectivity index (χ3v) is 5.95. The van der Waals surface area contributed by atoms with Gasteiger partial charge in [0.2, 0.25) is 17.7 Å². The summed E-state index contributed by atoms with van der Waals surface area (Å²) in [6, 6.07) is 2.47. The highest BCUT2D eigenvalue weighted by Gasteiger charge is 2.43. The van der Waals surface area contributed by atoms with Crippen molar-refractivity contribution in [2.45, 2.75) is 52.3 Å². The molecule has 3 rings (SSSR count). The van der Waals surface area contributed by atoms with Crippen LogP contribution in [0.3, 0.4) is 0 Å². The number of aliphatic hydroxyl groups excluding tert-OH is 1. The summed E-state index contributed by atoms with van der Waals surface area (Å²) in [6.45, 7) is 7.04. The van der Waals surface area contributed by atoms with Gasteiger partial charge < -0.3 is 25.6 Å². The summed E-state index contributed by atoms with van der Waals surface area (Å²) in [7, 11) is 0. The molecule has 1 fully saturated rings. The van der Waals surface area contributed by atoms with E-state index < -0.39 is 53.7 Å². The number of nitrogens with two attached hydrogens (primary N) is 1. The number of nitrogens with zero attached hydrogens (tertiary/aromatic N) is 4. The molecule has 1 saturated heterocycles. The van der Waals surface area contributed by atoms with Crippen LogP contribution in [-0.4, -0.2) is 75.2 Å². The molecule has 1 aliphatic heterocycles. The average molecular weight is 505 g/mol. The predicted molar refractivity (Wildman–Crippen MR) is 129 cm³/mol. The van der Waals surface area contributed by atoms with Gasteiger partial charge in [-0.2, -0.15) is 0 Å². The minimum Gasteiger partial charge on any atom is -0.391 e. The van der Waals surface area contributed by atoms with E-state index in [1.165, 1.54) is 39.2 Å². The van der Waals surface area contributed by atoms with E-state index in [0.717, 1.165) is 0 Å². The lowest BCUT2D eigenvalue weighted by Crippen LogP contribution is -2.58. The van der Waals surface area contributed by atoms with Gasteiger partial charge in [0.15, 0.2) is 6.61 Å². The Balaban J connectivity index is 1.69. The van der Waals surface area contributed by atoms with E-state index in [1.54, 1.807) is 33.0 Å². The number of anilines is 1. The Morgan fingerprint density at radius 3 is 2.67 bits per heavy atom. The summed E-state index contributed by atoms with van der Waals surface area (Å²) < 4.78 is 15.8. The summed E-state index contributed by atoms with van der Waals surface area (Å²) >= 11 is 0. The van der Waals surface area contributed by atoms with Crippen molar-refractivity contribution >= 4 is 23.4 Å². The fourth-order valence-electron chi connectivity index (χ4n) is 4.08. The number of carbonyl (C=O) groups excluding carboxylic acids is 3. The highest BCUT2D eigenvalue weighted by atomic mass is 19.1. The van der Waals surface area contributed by atoms with E-state index in [0.29, 0.717) is 12.2 Å². The van der Waals surface area contributed by atoms with Crippen LogP contribution < -0.4 is 16.1 Å². The zero-order valence-electron chi connectivity index (χ0n) is 20.8. The molecule has 11 nitrogen and oxygen atoms in total. The highest BCUT2D eigenvalue weighted by molar-refractivity contribution is 5.93. The van der Waals surface area contributed by atoms with Crippen LogP contribution in [-0.2, 0) is 19.2 Å². The maximum atomic E-state index is 14.3. The molecule has 12 heteroatoms. The quantitative estimate of drug-likeness (QED) is 0.428. The van der Waals surface area contributed by atoms with Gasteiger partial charge in [-0.25, -0.2) is 9.37 Å². The first-order valence-corrected chi connectivity index (χ1v) is 11.7. The summed E-state index contributed by atoms with van der Waals surface area (Å²) in [4.78, 5) is 48.7. The molecule has 0 aliphatic carbocycles. The molecule has 3 atom stereocenters. The molecule has 1 aromatic heterocycles. The van der Waals surface area contributed by atoms with Crippen molar-refractivity contribution in [3.05, 3.63) is 42.7 Å². The van der Waals surface area contributed by atoms with Gasteiger partial charge in [0.05, 0.1) is 23.8 Å². The average Bonchev–Trinajstić information content (AvgIpc) is 3.47. The monoisotopic (exact) mass is 504 g/mol. The lowest BCUT2D eigenvalue weighted by molar-refractivity contribution is -0.144. The number of hydrogen-bond acceptors (Lipinski definition) is 7. The maximum Gasteiger partial charge on any atom is 0.249 e. The van der Waals surface area contributed by atoms with Crippen molar-refractivity contribution in [3.63, 3.8) is 0 Å². The fourth-order valence-corrected chi connectivity index (χ4v) is 4.08. The molecule has 1 aliphatic rings. The maximum absolute atomic E-state index is 14.3. The Morgan fingerprint density at radius 2 is 2.08 bits per heavy atom. The molecule has 3 amide bonds. The minimum absolute atomic E-state index is 0.0428. The van der Waals surface area contributed by atoms with Crippen LogP contribution in [0, 0.1) is 11.2 Å². The standard InChI is InChI=1S/C24H33FN6O5/c1-5-31(15-6-7-17(25)18(10-15)29-9-8-27-14-29)36-13-20(33)28-21(24(2,3)4)23(35)30-12-16(32)11-19(30)22(26)34/h6-10,14,16,19,21,32H,5,11-13H2,1-4H3,(H2,26,34)(H,28,33)/t16-,19+,21-/m1/s1. The molecular formula is C24H33FN6O5. The molecule has 0 spiro atoms. The largest absolute Gasteiger partial charge is 0.391 e. The molecule has 2 aromatic rings. The van der Waals surface area contributed by atoms with Crippen molar-refractivity contribution in [2.24, 2.45) is 11.1 Å². The Bertz CT molecular complexity index is 1090. The zero-order valence-corrected chi connectivity index (χ0v) is 20.8. The number of aromatic nitrogens is 2. The molecule has 0 unspecified atom stereocenters. The second kappa shape index (κ2) is 11.0. The van der Waals surface area contributed by atoms with Crippen molar-refractivity contribution in [2.75, 3.05) is 24.8 Å². The highest BCUT2D eigenvalue weighted by Crippen LogP contribution is 2.26. The van der Waals surface area contributed by atoms with Crippen LogP contribution in [0.25, 0.3) is 5.69 Å². The molecule has 1 aromatic carbocycles. The second-order valence-corrected chi connectivity index (χ2v) is 9.74. The number of halogens is 1. The first-order chi connectivity index (χ1) is 16.9. The smallest absolute Gasteiger partial charge is 0.249 e. The lowest BCUT2D eigenvalue weighted by Gasteiger charge is -2.35. The predicted octanol–water partition coefficient (Wildman–Crippen LogP) is 0.747. The van der Waals surface area contributed by atoms with Gasteiger partial charge in [-0.15, -0.1) is 0 Å². The number of aliphatic hydroxyl groups is 1. The number of benzene rings is 1. The van der Waals surface area contributed by atoms with E-state index >= 15 is 0 Å². The number of hydroxylamine groups is 1. The molecule has 4 N–H and O–H groups in total. The number of primary amides is 1. The number of carbonyl (C=O) groups is 3. The SMILES string of the molecule is CCN(OCC(=O)N[C@H](C(=O)N1C[C@H](O)C[C@H]1C(N)=O)C(C)(C)C)c1ccc(F)c(-n2ccnc2)c1. The number of hydrogen-bond donors (Lipinski definition) is 3. The summed E-state index contributed by atoms with van der Waals surface area (Å²) in [6.07, 6.45) is 3.80. The number of β-amino-alcohol motifs (C(OH)–C–C–N with tert-alkyl or cyclic N) is 1. The molecule has 0 radical (unpaired) electrons. The summed E-state index contributed by atoms with van der Waals surface area (Å²) in [5, 5.41) is 14.1. The minimum atomic E-state index is -0.991. The van der Waals surface area contributed by atoms with Crippen LogP contribution in [0.2, 0.25) is 0 Å². The number of likely N-dealkylation sites (tertiary alicyclic amines) is 1. The summed E-state index contributed by atoms with van der Waals surface area (Å²) in [5.41, 5.74) is 5.50. The number of amides is 3. The van der Waals surface area contributed by atoms with E-state index in [-0.39, 0.29) is 18.7 Å². The van der Waals surface area contributed by atoms with Gasteiger partial charge in [0.25, 0.3) is 0 Å². The number of rotatable bonds is 9. The normalized spacial score (nSPS) is 18.7. The van der Waals surface area contributed by atoms with Gasteiger partial charge in [-0.05, 0) is 30.5 Å². The Hall–Kier alpha value is -3.51. The first kappa shape index (κ1) is 27.1. The third kappa shape index (κ3) is 6.18. The van der Waals surface area contributed by atoms with Gasteiger partial charge in [0, 0.05) is 31.9 Å². The zero-order chi connectivity index (χ0) is 26.6. The van der Waals surface area contributed by atoms with E-state index in [4.69, 9.17) is 10.6 Å². The second-order valence-electron chi connectivity index (χ2n) is 9.74. The molecular weight excluding hydrogens is 471 g/mol. The van der Waals surface area contributed by atoms with Crippen molar-refractivity contribution in [1.29, 1.82) is 0 Å². The number of nitrogens with one attached hydrogen (secondary N) is 1. The van der Waals surface area contributed by atoms with E-state index in [9.17, 15) is 23.9 Å². The summed E-state index contributed by atoms with van der Waals surface area (Å²) in [5.74, 6) is -2.23. The van der Waals surface area contributed by atoms with Crippen LogP contribution in [0.5, 0.6) is 0 Å². The van der Waals surface area contributed by atoms with Gasteiger partial charge in [-0.3, -0.25) is 24.3 Å². The fraction of sp³-hybridized carbons (Fsp3) is 0.500. The molecule has 196 valence electrons. The Kier molecular flexibility index (Phi) is 8.31. The number of imidazole rings is 1. The van der Waals surface area contributed by atoms with Crippen molar-refractivity contribution in [3.8, 4) is 5.69 Å². The Morgan fingerprint density at radius 1 is 1.36 bits per heavy atom. The van der Waals surface area contributed by atoms with Crippen molar-refractivity contribution < 1.29 is 28.7 Å². The third-order valence-electron chi connectivity index (χ3n) is 5.95. The van der Waals surface area contributed by atoms with Crippen LogP contribution in [0.4, 0.5) is 10.1 Å². The molecule has 2 heterocycles.